The van der Waals surface area contributed by atoms with Crippen molar-refractivity contribution in [2.24, 2.45) is 5.92 Å². The van der Waals surface area contributed by atoms with Crippen molar-refractivity contribution in [3.8, 4) is 0 Å². The molecule has 1 saturated carbocycles. The molecule has 0 aliphatic heterocycles. The molecular formula is C13H18O. The van der Waals surface area contributed by atoms with Gasteiger partial charge in [-0.3, -0.25) is 0 Å². The molecule has 14 heavy (non-hydrogen) atoms. The highest BCUT2D eigenvalue weighted by atomic mass is 16.3. The van der Waals surface area contributed by atoms with Crippen molar-refractivity contribution in [2.75, 3.05) is 0 Å². The summed E-state index contributed by atoms with van der Waals surface area (Å²) in [4.78, 5) is 0. The maximum atomic E-state index is 10.6. The molecule has 0 bridgehead atoms. The van der Waals surface area contributed by atoms with Gasteiger partial charge in [0.15, 0.2) is 0 Å². The zero-order chi connectivity index (χ0) is 10.2. The molecular weight excluding hydrogens is 172 g/mol. The van der Waals surface area contributed by atoms with E-state index in [0.717, 1.165) is 24.8 Å². The van der Waals surface area contributed by atoms with Crippen LogP contribution in [0.4, 0.5) is 0 Å². The van der Waals surface area contributed by atoms with Crippen LogP contribution in [0.2, 0.25) is 0 Å². The molecule has 1 aromatic carbocycles. The Bertz CT molecular complexity index is 332. The quantitative estimate of drug-likeness (QED) is 0.721. The predicted molar refractivity (Wildman–Crippen MR) is 58.1 cm³/mol. The summed E-state index contributed by atoms with van der Waals surface area (Å²) >= 11 is 0. The number of benzene rings is 1. The van der Waals surface area contributed by atoms with E-state index in [-0.39, 0.29) is 0 Å². The third-order valence-electron chi connectivity index (χ3n) is 3.62. The molecule has 0 heterocycles. The Kier molecular flexibility index (Phi) is 2.36. The molecule has 1 nitrogen and oxygen atoms in total. The molecule has 2 rings (SSSR count). The van der Waals surface area contributed by atoms with Crippen molar-refractivity contribution in [2.45, 2.75) is 38.7 Å². The van der Waals surface area contributed by atoms with Gasteiger partial charge in [0, 0.05) is 0 Å². The number of hydrogen-bond donors (Lipinski definition) is 1. The molecule has 1 aliphatic rings. The van der Waals surface area contributed by atoms with E-state index in [1.807, 2.05) is 12.1 Å². The predicted octanol–water partition coefficient (Wildman–Crippen LogP) is 3.00. The van der Waals surface area contributed by atoms with Crippen LogP contribution in [0, 0.1) is 12.8 Å². The van der Waals surface area contributed by atoms with Crippen LogP contribution in [0.3, 0.4) is 0 Å². The first-order valence-corrected chi connectivity index (χ1v) is 5.43. The minimum absolute atomic E-state index is 0.392. The second-order valence-corrected chi connectivity index (χ2v) is 4.53. The summed E-state index contributed by atoms with van der Waals surface area (Å²) in [5.41, 5.74) is 1.78. The summed E-state index contributed by atoms with van der Waals surface area (Å²) in [6.45, 7) is 4.23. The van der Waals surface area contributed by atoms with Gasteiger partial charge in [0.05, 0.1) is 5.60 Å². The number of rotatable bonds is 1. The van der Waals surface area contributed by atoms with Crippen LogP contribution < -0.4 is 0 Å². The highest BCUT2D eigenvalue weighted by molar-refractivity contribution is 5.32. The normalized spacial score (nSPS) is 32.1. The van der Waals surface area contributed by atoms with Crippen molar-refractivity contribution in [3.63, 3.8) is 0 Å². The SMILES string of the molecule is Cc1ccccc1[C@]1(O)CCC[C@H]1C. The van der Waals surface area contributed by atoms with Crippen LogP contribution in [0.1, 0.15) is 37.3 Å². The van der Waals surface area contributed by atoms with Gasteiger partial charge in [-0.25, -0.2) is 0 Å². The second-order valence-electron chi connectivity index (χ2n) is 4.53. The first kappa shape index (κ1) is 9.72. The molecule has 0 spiro atoms. The molecule has 2 atom stereocenters. The summed E-state index contributed by atoms with van der Waals surface area (Å²) in [5.74, 6) is 0.392. The maximum Gasteiger partial charge on any atom is 0.0924 e. The van der Waals surface area contributed by atoms with Crippen molar-refractivity contribution < 1.29 is 5.11 Å². The minimum atomic E-state index is -0.564. The molecule has 0 radical (unpaired) electrons. The van der Waals surface area contributed by atoms with Gasteiger partial charge in [-0.05, 0) is 43.2 Å². The van der Waals surface area contributed by atoms with Crippen molar-refractivity contribution >= 4 is 0 Å². The molecule has 1 fully saturated rings. The topological polar surface area (TPSA) is 20.2 Å². The smallest absolute Gasteiger partial charge is 0.0924 e. The van der Waals surface area contributed by atoms with Crippen LogP contribution in [0.15, 0.2) is 24.3 Å². The number of hydrogen-bond acceptors (Lipinski definition) is 1. The van der Waals surface area contributed by atoms with Crippen molar-refractivity contribution in [1.82, 2.24) is 0 Å². The van der Waals surface area contributed by atoms with Crippen molar-refractivity contribution in [1.29, 1.82) is 0 Å². The van der Waals surface area contributed by atoms with E-state index in [0.29, 0.717) is 5.92 Å². The molecule has 76 valence electrons. The first-order valence-electron chi connectivity index (χ1n) is 5.43. The van der Waals surface area contributed by atoms with Crippen LogP contribution in [-0.2, 0) is 5.60 Å². The van der Waals surface area contributed by atoms with Gasteiger partial charge >= 0.3 is 0 Å². The first-order chi connectivity index (χ1) is 6.64. The Morgan fingerprint density at radius 1 is 1.36 bits per heavy atom. The Hall–Kier alpha value is -0.820. The molecule has 1 N–H and O–H groups in total. The summed E-state index contributed by atoms with van der Waals surface area (Å²) in [6.07, 6.45) is 3.20. The Labute approximate surface area is 85.8 Å². The van der Waals surface area contributed by atoms with Gasteiger partial charge in [0.2, 0.25) is 0 Å². The molecule has 0 saturated heterocycles. The highest BCUT2D eigenvalue weighted by Gasteiger charge is 2.40. The van der Waals surface area contributed by atoms with E-state index in [1.165, 1.54) is 5.56 Å². The Morgan fingerprint density at radius 2 is 2.07 bits per heavy atom. The highest BCUT2D eigenvalue weighted by Crippen LogP contribution is 2.44. The summed E-state index contributed by atoms with van der Waals surface area (Å²) in [6, 6.07) is 8.20. The molecule has 1 aliphatic carbocycles. The average molecular weight is 190 g/mol. The van der Waals surface area contributed by atoms with Gasteiger partial charge in [0.1, 0.15) is 0 Å². The van der Waals surface area contributed by atoms with Crippen LogP contribution in [0.25, 0.3) is 0 Å². The zero-order valence-electron chi connectivity index (χ0n) is 8.96. The van der Waals surface area contributed by atoms with E-state index in [1.54, 1.807) is 0 Å². The Morgan fingerprint density at radius 3 is 2.64 bits per heavy atom. The van der Waals surface area contributed by atoms with Gasteiger partial charge < -0.3 is 5.11 Å². The second kappa shape index (κ2) is 3.39. The third kappa shape index (κ3) is 1.36. The van der Waals surface area contributed by atoms with Gasteiger partial charge in [0.25, 0.3) is 0 Å². The number of aliphatic hydroxyl groups is 1. The van der Waals surface area contributed by atoms with Crippen LogP contribution in [0.5, 0.6) is 0 Å². The molecule has 0 unspecified atom stereocenters. The largest absolute Gasteiger partial charge is 0.385 e. The zero-order valence-corrected chi connectivity index (χ0v) is 8.96. The molecule has 1 heteroatoms. The average Bonchev–Trinajstić information content (AvgIpc) is 2.49. The van der Waals surface area contributed by atoms with Crippen LogP contribution in [-0.4, -0.2) is 5.11 Å². The lowest BCUT2D eigenvalue weighted by atomic mass is 9.83. The van der Waals surface area contributed by atoms with Crippen molar-refractivity contribution in [3.05, 3.63) is 35.4 Å². The number of aryl methyl sites for hydroxylation is 1. The van der Waals surface area contributed by atoms with Gasteiger partial charge in [-0.2, -0.15) is 0 Å². The Balaban J connectivity index is 2.43. The summed E-state index contributed by atoms with van der Waals surface area (Å²) in [7, 11) is 0. The van der Waals surface area contributed by atoms with Gasteiger partial charge in [-0.15, -0.1) is 0 Å². The van der Waals surface area contributed by atoms with Gasteiger partial charge in [-0.1, -0.05) is 31.2 Å². The van der Waals surface area contributed by atoms with E-state index in [4.69, 9.17) is 0 Å². The summed E-state index contributed by atoms with van der Waals surface area (Å²) < 4.78 is 0. The fourth-order valence-electron chi connectivity index (χ4n) is 2.62. The molecule has 1 aromatic rings. The standard InChI is InChI=1S/C13H18O/c1-10-6-3-4-8-12(10)13(14)9-5-7-11(13)2/h3-4,6,8,11,14H,5,7,9H2,1-2H3/t11-,13+/m1/s1. The minimum Gasteiger partial charge on any atom is -0.385 e. The molecule has 0 aromatic heterocycles. The van der Waals surface area contributed by atoms with E-state index >= 15 is 0 Å². The van der Waals surface area contributed by atoms with Crippen LogP contribution >= 0.6 is 0 Å². The lowest BCUT2D eigenvalue weighted by Crippen LogP contribution is -2.29. The van der Waals surface area contributed by atoms with E-state index < -0.39 is 5.60 Å². The summed E-state index contributed by atoms with van der Waals surface area (Å²) in [5, 5.41) is 10.6. The van der Waals surface area contributed by atoms with E-state index in [9.17, 15) is 5.11 Å². The lowest BCUT2D eigenvalue weighted by Gasteiger charge is -2.29. The monoisotopic (exact) mass is 190 g/mol. The van der Waals surface area contributed by atoms with E-state index in [2.05, 4.69) is 26.0 Å². The molecule has 0 amide bonds. The maximum absolute atomic E-state index is 10.6. The lowest BCUT2D eigenvalue weighted by molar-refractivity contribution is 0.00391. The fourth-order valence-corrected chi connectivity index (χ4v) is 2.62. The third-order valence-corrected chi connectivity index (χ3v) is 3.62. The fraction of sp³-hybridized carbons (Fsp3) is 0.538.